The van der Waals surface area contributed by atoms with Crippen LogP contribution < -0.4 is 5.32 Å². The molecule has 0 saturated carbocycles. The Bertz CT molecular complexity index is 1120. The van der Waals surface area contributed by atoms with E-state index in [-0.39, 0.29) is 11.4 Å². The van der Waals surface area contributed by atoms with Gasteiger partial charge in [-0.3, -0.25) is 14.3 Å². The number of rotatable bonds is 4. The number of hydrogen-bond donors (Lipinski definition) is 2. The lowest BCUT2D eigenvalue weighted by atomic mass is 10.1. The molecule has 0 saturated heterocycles. The molecule has 0 aliphatic heterocycles. The molecule has 2 N–H and O–H groups in total. The van der Waals surface area contributed by atoms with Gasteiger partial charge in [-0.1, -0.05) is 11.6 Å². The topological polar surface area (TPSA) is 88.0 Å². The molecule has 0 fully saturated rings. The number of H-pyrrole nitrogens is 1. The monoisotopic (exact) mass is 370 g/mol. The van der Waals surface area contributed by atoms with E-state index in [1.807, 2.05) is 6.92 Å². The number of aromatic nitrogens is 5. The second-order valence-electron chi connectivity index (χ2n) is 5.62. The van der Waals surface area contributed by atoms with E-state index in [2.05, 4.69) is 25.5 Å². The van der Waals surface area contributed by atoms with E-state index in [1.165, 1.54) is 24.3 Å². The lowest BCUT2D eigenvalue weighted by molar-refractivity contribution is 0.102. The molecule has 0 amide bonds. The zero-order valence-corrected chi connectivity index (χ0v) is 14.3. The molecule has 0 aliphatic carbocycles. The molecule has 0 spiro atoms. The number of fused-ring (bicyclic) bond motifs is 1. The predicted molar refractivity (Wildman–Crippen MR) is 94.4 cm³/mol. The highest BCUT2D eigenvalue weighted by Gasteiger charge is 2.18. The molecule has 4 aromatic rings. The van der Waals surface area contributed by atoms with Crippen LogP contribution in [-0.4, -0.2) is 30.3 Å². The summed E-state index contributed by atoms with van der Waals surface area (Å²) in [4.78, 5) is 21.2. The predicted octanol–water partition coefficient (Wildman–Crippen LogP) is 3.53. The third-order valence-corrected chi connectivity index (χ3v) is 4.01. The zero-order chi connectivity index (χ0) is 18.3. The van der Waals surface area contributed by atoms with E-state index in [9.17, 15) is 9.18 Å². The van der Waals surface area contributed by atoms with Crippen molar-refractivity contribution >= 4 is 34.8 Å². The number of carbonyl (C=O) groups is 1. The molecule has 26 heavy (non-hydrogen) atoms. The summed E-state index contributed by atoms with van der Waals surface area (Å²) < 4.78 is 14.7. The van der Waals surface area contributed by atoms with Gasteiger partial charge in [0.05, 0.1) is 0 Å². The molecule has 0 radical (unpaired) electrons. The van der Waals surface area contributed by atoms with E-state index in [4.69, 9.17) is 11.6 Å². The number of aryl methyl sites for hydroxylation is 1. The highest BCUT2D eigenvalue weighted by molar-refractivity contribution is 6.30. The first-order valence-corrected chi connectivity index (χ1v) is 8.03. The molecule has 130 valence electrons. The first-order chi connectivity index (χ1) is 12.5. The SMILES string of the molecule is Cc1cc(Nc2nc(C(=O)c3ccc(F)cc3)nc3ccc(Cl)n23)n[nH]1. The Kier molecular flexibility index (Phi) is 3.89. The van der Waals surface area contributed by atoms with Crippen LogP contribution in [0.4, 0.5) is 16.2 Å². The second-order valence-corrected chi connectivity index (χ2v) is 6.00. The van der Waals surface area contributed by atoms with Gasteiger partial charge in [-0.05, 0) is 43.3 Å². The van der Waals surface area contributed by atoms with E-state index in [0.29, 0.717) is 22.6 Å². The summed E-state index contributed by atoms with van der Waals surface area (Å²) in [6.45, 7) is 1.86. The van der Waals surface area contributed by atoms with Gasteiger partial charge in [0, 0.05) is 17.3 Å². The Balaban J connectivity index is 1.81. The van der Waals surface area contributed by atoms with Gasteiger partial charge in [-0.2, -0.15) is 10.1 Å². The molecule has 7 nitrogen and oxygen atoms in total. The van der Waals surface area contributed by atoms with Crippen molar-refractivity contribution < 1.29 is 9.18 Å². The van der Waals surface area contributed by atoms with Gasteiger partial charge < -0.3 is 5.32 Å². The number of benzene rings is 1. The smallest absolute Gasteiger partial charge is 0.230 e. The average molecular weight is 371 g/mol. The molecular weight excluding hydrogens is 359 g/mol. The quantitative estimate of drug-likeness (QED) is 0.536. The molecule has 0 bridgehead atoms. The van der Waals surface area contributed by atoms with Crippen molar-refractivity contribution in [3.63, 3.8) is 0 Å². The summed E-state index contributed by atoms with van der Waals surface area (Å²) in [5, 5.41) is 10.3. The molecule has 0 atom stereocenters. The molecule has 0 aliphatic rings. The minimum atomic E-state index is -0.425. The van der Waals surface area contributed by atoms with Gasteiger partial charge in [0.2, 0.25) is 17.6 Å². The van der Waals surface area contributed by atoms with Crippen LogP contribution in [0.5, 0.6) is 0 Å². The van der Waals surface area contributed by atoms with Crippen molar-refractivity contribution in [2.24, 2.45) is 0 Å². The molecular formula is C17H12ClFN6O. The van der Waals surface area contributed by atoms with E-state index in [1.54, 1.807) is 22.6 Å². The van der Waals surface area contributed by atoms with E-state index in [0.717, 1.165) is 5.69 Å². The summed E-state index contributed by atoms with van der Waals surface area (Å²) in [5.74, 6) is -0.0679. The Morgan fingerprint density at radius 1 is 1.19 bits per heavy atom. The maximum atomic E-state index is 13.1. The Labute approximate surface area is 151 Å². The van der Waals surface area contributed by atoms with Gasteiger partial charge in [0.25, 0.3) is 0 Å². The van der Waals surface area contributed by atoms with Gasteiger partial charge in [0.15, 0.2) is 5.82 Å². The number of halogens is 2. The van der Waals surface area contributed by atoms with Crippen molar-refractivity contribution in [1.82, 2.24) is 24.6 Å². The second kappa shape index (κ2) is 6.23. The first-order valence-electron chi connectivity index (χ1n) is 7.65. The fourth-order valence-electron chi connectivity index (χ4n) is 2.49. The largest absolute Gasteiger partial charge is 0.308 e. The van der Waals surface area contributed by atoms with Crippen molar-refractivity contribution in [1.29, 1.82) is 0 Å². The minimum absolute atomic E-state index is 0.0337. The summed E-state index contributed by atoms with van der Waals surface area (Å²) in [6, 6.07) is 10.3. The molecule has 3 heterocycles. The number of anilines is 2. The fraction of sp³-hybridized carbons (Fsp3) is 0.0588. The average Bonchev–Trinajstić information content (AvgIpc) is 3.21. The standard InChI is InChI=1S/C17H12ClFN6O/c1-9-8-13(24-23-9)20-17-22-16(21-14-7-6-12(18)25(14)17)15(26)10-2-4-11(19)5-3-10/h2-8H,1H3,(H2,20,21,22,23,24). The highest BCUT2D eigenvalue weighted by Crippen LogP contribution is 2.22. The minimum Gasteiger partial charge on any atom is -0.308 e. The summed E-state index contributed by atoms with van der Waals surface area (Å²) in [6.07, 6.45) is 0. The third-order valence-electron chi connectivity index (χ3n) is 3.71. The van der Waals surface area contributed by atoms with Crippen LogP contribution in [0.1, 0.15) is 21.9 Å². The first kappa shape index (κ1) is 16.2. The van der Waals surface area contributed by atoms with Crippen LogP contribution in [0.25, 0.3) is 5.65 Å². The van der Waals surface area contributed by atoms with Gasteiger partial charge in [-0.15, -0.1) is 0 Å². The van der Waals surface area contributed by atoms with Crippen molar-refractivity contribution in [3.8, 4) is 0 Å². The number of nitrogens with one attached hydrogen (secondary N) is 2. The number of aromatic amines is 1. The van der Waals surface area contributed by atoms with Crippen LogP contribution >= 0.6 is 11.6 Å². The van der Waals surface area contributed by atoms with Crippen molar-refractivity contribution in [3.05, 3.63) is 70.5 Å². The van der Waals surface area contributed by atoms with E-state index >= 15 is 0 Å². The normalized spacial score (nSPS) is 11.0. The summed E-state index contributed by atoms with van der Waals surface area (Å²) in [5.41, 5.74) is 1.60. The van der Waals surface area contributed by atoms with Crippen LogP contribution in [0, 0.1) is 12.7 Å². The van der Waals surface area contributed by atoms with Gasteiger partial charge in [-0.25, -0.2) is 9.37 Å². The maximum absolute atomic E-state index is 13.1. The Morgan fingerprint density at radius 3 is 2.65 bits per heavy atom. The van der Waals surface area contributed by atoms with Crippen molar-refractivity contribution in [2.75, 3.05) is 5.32 Å². The number of nitrogens with zero attached hydrogens (tertiary/aromatic N) is 4. The van der Waals surface area contributed by atoms with Crippen LogP contribution in [0.15, 0.2) is 42.5 Å². The van der Waals surface area contributed by atoms with E-state index < -0.39 is 11.6 Å². The number of hydrogen-bond acceptors (Lipinski definition) is 5. The van der Waals surface area contributed by atoms with Gasteiger partial charge in [0.1, 0.15) is 16.6 Å². The maximum Gasteiger partial charge on any atom is 0.230 e. The third kappa shape index (κ3) is 2.91. The number of ketones is 1. The molecule has 1 aromatic carbocycles. The fourth-order valence-corrected chi connectivity index (χ4v) is 2.72. The number of carbonyl (C=O) groups excluding carboxylic acids is 1. The highest BCUT2D eigenvalue weighted by atomic mass is 35.5. The lowest BCUT2D eigenvalue weighted by Gasteiger charge is -2.09. The molecule has 4 rings (SSSR count). The van der Waals surface area contributed by atoms with Crippen molar-refractivity contribution in [2.45, 2.75) is 6.92 Å². The summed E-state index contributed by atoms with van der Waals surface area (Å²) >= 11 is 6.20. The van der Waals surface area contributed by atoms with Crippen LogP contribution in [0.3, 0.4) is 0 Å². The Morgan fingerprint density at radius 2 is 1.96 bits per heavy atom. The molecule has 9 heteroatoms. The van der Waals surface area contributed by atoms with Crippen LogP contribution in [-0.2, 0) is 0 Å². The Hall–Kier alpha value is -3.26. The zero-order valence-electron chi connectivity index (χ0n) is 13.5. The lowest BCUT2D eigenvalue weighted by Crippen LogP contribution is -2.12. The molecule has 3 aromatic heterocycles. The molecule has 0 unspecified atom stereocenters. The van der Waals surface area contributed by atoms with Crippen LogP contribution in [0.2, 0.25) is 5.15 Å². The summed E-state index contributed by atoms with van der Waals surface area (Å²) in [7, 11) is 0. The van der Waals surface area contributed by atoms with Gasteiger partial charge >= 0.3 is 0 Å².